The maximum Gasteiger partial charge on any atom is 0.290 e. The minimum Gasteiger partial charge on any atom is -0.368 e. The van der Waals surface area contributed by atoms with Crippen LogP contribution in [0.3, 0.4) is 0 Å². The Labute approximate surface area is 237 Å². The van der Waals surface area contributed by atoms with Gasteiger partial charge in [0, 0.05) is 56.3 Å². The molecule has 0 atom stereocenters. The van der Waals surface area contributed by atoms with Crippen molar-refractivity contribution in [3.8, 4) is 11.1 Å². The molecule has 0 radical (unpaired) electrons. The number of benzene rings is 2. The smallest absolute Gasteiger partial charge is 0.290 e. The Morgan fingerprint density at radius 3 is 2.45 bits per heavy atom. The number of fused-ring (bicyclic) bond motifs is 1. The number of carbonyl (C=O) groups is 4. The number of rotatable bonds is 8. The predicted molar refractivity (Wildman–Crippen MR) is 159 cm³/mol. The van der Waals surface area contributed by atoms with Crippen molar-refractivity contribution in [1.29, 1.82) is 0 Å². The number of ketones is 1. The van der Waals surface area contributed by atoms with Gasteiger partial charge in [0.25, 0.3) is 11.1 Å². The van der Waals surface area contributed by atoms with Gasteiger partial charge >= 0.3 is 0 Å². The number of nitrogens with one attached hydrogen (secondary N) is 1. The third-order valence-electron chi connectivity index (χ3n) is 7.15. The molecule has 3 heterocycles. The SMILES string of the molecule is C=C(C)C(=O)CCCC(=O)N1CCN(c2ccc(-c3ccnc4ccc(C=C5SC(=O)NC5=O)cc34)cc2)CC1. The molecule has 1 aromatic heterocycles. The zero-order chi connectivity index (χ0) is 28.2. The number of Topliss-reactive ketones (excluding diaryl/α,β-unsaturated/α-hetero) is 1. The fraction of sp³-hybridized carbons (Fsp3) is 0.258. The second-order valence-corrected chi connectivity index (χ2v) is 11.0. The predicted octanol–water partition coefficient (Wildman–Crippen LogP) is 5.19. The third kappa shape index (κ3) is 6.15. The van der Waals surface area contributed by atoms with E-state index in [2.05, 4.69) is 46.0 Å². The summed E-state index contributed by atoms with van der Waals surface area (Å²) in [5.41, 5.74) is 5.37. The van der Waals surface area contributed by atoms with E-state index in [-0.39, 0.29) is 22.8 Å². The first-order chi connectivity index (χ1) is 19.3. The van der Waals surface area contributed by atoms with Crippen LogP contribution in [-0.4, -0.2) is 58.9 Å². The molecule has 9 heteroatoms. The number of imide groups is 1. The van der Waals surface area contributed by atoms with E-state index >= 15 is 0 Å². The first-order valence-electron chi connectivity index (χ1n) is 13.2. The van der Waals surface area contributed by atoms with Crippen molar-refractivity contribution in [3.63, 3.8) is 0 Å². The number of amides is 3. The van der Waals surface area contributed by atoms with Crippen molar-refractivity contribution in [2.75, 3.05) is 31.1 Å². The molecule has 1 N–H and O–H groups in total. The topological polar surface area (TPSA) is 99.7 Å². The normalized spacial score (nSPS) is 16.5. The van der Waals surface area contributed by atoms with Crippen molar-refractivity contribution < 1.29 is 19.2 Å². The molecule has 0 spiro atoms. The van der Waals surface area contributed by atoms with Crippen LogP contribution in [-0.2, 0) is 14.4 Å². The van der Waals surface area contributed by atoms with Gasteiger partial charge in [-0.2, -0.15) is 0 Å². The molecule has 5 rings (SSSR count). The van der Waals surface area contributed by atoms with Crippen LogP contribution in [0.1, 0.15) is 31.7 Å². The van der Waals surface area contributed by atoms with Gasteiger partial charge in [-0.25, -0.2) is 0 Å². The van der Waals surface area contributed by atoms with Crippen LogP contribution in [0.15, 0.2) is 71.8 Å². The standard InChI is InChI=1S/C31H30N4O4S/c1-20(2)27(36)4-3-5-29(37)35-16-14-34(15-17-35)23-9-7-22(8-10-23)24-12-13-32-26-11-6-21(18-25(24)26)19-28-30(38)33-31(39)40-28/h6-13,18-19H,1,3-5,14-17H2,2H3,(H,33,38,39). The lowest BCUT2D eigenvalue weighted by atomic mass is 9.99. The summed E-state index contributed by atoms with van der Waals surface area (Å²) in [5.74, 6) is -0.256. The molecule has 0 bridgehead atoms. The molecule has 40 heavy (non-hydrogen) atoms. The number of thioether (sulfide) groups is 1. The molecule has 2 fully saturated rings. The molecule has 2 aliphatic rings. The van der Waals surface area contributed by atoms with Gasteiger partial charge in [0.1, 0.15) is 0 Å². The summed E-state index contributed by atoms with van der Waals surface area (Å²) in [4.78, 5) is 56.8. The Morgan fingerprint density at radius 2 is 1.77 bits per heavy atom. The minimum atomic E-state index is -0.377. The van der Waals surface area contributed by atoms with Crippen LogP contribution < -0.4 is 10.2 Å². The third-order valence-corrected chi connectivity index (χ3v) is 7.96. The van der Waals surface area contributed by atoms with Crippen LogP contribution >= 0.6 is 11.8 Å². The van der Waals surface area contributed by atoms with Crippen LogP contribution in [0.4, 0.5) is 10.5 Å². The minimum absolute atomic E-state index is 0.0218. The van der Waals surface area contributed by atoms with Gasteiger partial charge in [0.15, 0.2) is 5.78 Å². The quantitative estimate of drug-likeness (QED) is 0.383. The number of aromatic nitrogens is 1. The van der Waals surface area contributed by atoms with E-state index in [0.29, 0.717) is 42.8 Å². The maximum absolute atomic E-state index is 12.6. The number of nitrogens with zero attached hydrogens (tertiary/aromatic N) is 3. The van der Waals surface area contributed by atoms with Gasteiger partial charge in [-0.05, 0) is 83.8 Å². The molecule has 3 aromatic rings. The Bertz CT molecular complexity index is 1540. The van der Waals surface area contributed by atoms with E-state index in [4.69, 9.17) is 0 Å². The van der Waals surface area contributed by atoms with Gasteiger partial charge < -0.3 is 9.80 Å². The zero-order valence-corrected chi connectivity index (χ0v) is 23.1. The summed E-state index contributed by atoms with van der Waals surface area (Å²) in [6.07, 6.45) is 4.82. The van der Waals surface area contributed by atoms with Crippen molar-refractivity contribution in [3.05, 3.63) is 77.3 Å². The lowest BCUT2D eigenvalue weighted by Gasteiger charge is -2.36. The summed E-state index contributed by atoms with van der Waals surface area (Å²) in [7, 11) is 0. The van der Waals surface area contributed by atoms with E-state index < -0.39 is 0 Å². The number of piperazine rings is 1. The number of anilines is 1. The zero-order valence-electron chi connectivity index (χ0n) is 22.3. The highest BCUT2D eigenvalue weighted by Gasteiger charge is 2.25. The van der Waals surface area contributed by atoms with Gasteiger partial charge in [0.2, 0.25) is 5.91 Å². The lowest BCUT2D eigenvalue weighted by Crippen LogP contribution is -2.48. The molecule has 2 saturated heterocycles. The Morgan fingerprint density at radius 1 is 1.02 bits per heavy atom. The van der Waals surface area contributed by atoms with Gasteiger partial charge in [-0.15, -0.1) is 0 Å². The van der Waals surface area contributed by atoms with E-state index in [1.165, 1.54) is 0 Å². The number of pyridine rings is 1. The summed E-state index contributed by atoms with van der Waals surface area (Å²) in [6, 6.07) is 16.1. The number of hydrogen-bond acceptors (Lipinski definition) is 7. The van der Waals surface area contributed by atoms with Crippen LogP contribution in [0, 0.1) is 0 Å². The first kappa shape index (κ1) is 27.3. The fourth-order valence-corrected chi connectivity index (χ4v) is 5.60. The van der Waals surface area contributed by atoms with Crippen LogP contribution in [0.25, 0.3) is 28.1 Å². The highest BCUT2D eigenvalue weighted by molar-refractivity contribution is 8.18. The molecule has 3 amide bonds. The molecule has 2 aliphatic heterocycles. The van der Waals surface area contributed by atoms with Crippen molar-refractivity contribution in [2.45, 2.75) is 26.2 Å². The Balaban J connectivity index is 1.24. The van der Waals surface area contributed by atoms with Gasteiger partial charge in [-0.3, -0.25) is 29.5 Å². The highest BCUT2D eigenvalue weighted by Crippen LogP contribution is 2.32. The van der Waals surface area contributed by atoms with E-state index in [9.17, 15) is 19.2 Å². The molecule has 2 aromatic carbocycles. The summed E-state index contributed by atoms with van der Waals surface area (Å²) in [6.45, 7) is 8.18. The summed E-state index contributed by atoms with van der Waals surface area (Å²) < 4.78 is 0. The number of carbonyl (C=O) groups excluding carboxylic acids is 4. The molecule has 204 valence electrons. The number of hydrogen-bond donors (Lipinski definition) is 1. The first-order valence-corrected chi connectivity index (χ1v) is 14.1. The summed E-state index contributed by atoms with van der Waals surface area (Å²) in [5, 5.41) is 2.88. The second-order valence-electron chi connectivity index (χ2n) is 9.96. The molecular weight excluding hydrogens is 524 g/mol. The monoisotopic (exact) mass is 554 g/mol. The molecule has 0 aliphatic carbocycles. The van der Waals surface area contributed by atoms with Gasteiger partial charge in [-0.1, -0.05) is 24.8 Å². The molecule has 8 nitrogen and oxygen atoms in total. The number of allylic oxidation sites excluding steroid dienone is 1. The average Bonchev–Trinajstić information content (AvgIpc) is 3.28. The van der Waals surface area contributed by atoms with Crippen molar-refractivity contribution in [1.82, 2.24) is 15.2 Å². The second kappa shape index (κ2) is 11.9. The van der Waals surface area contributed by atoms with E-state index in [0.717, 1.165) is 58.1 Å². The fourth-order valence-electron chi connectivity index (χ4n) is 4.92. The highest BCUT2D eigenvalue weighted by atomic mass is 32.2. The lowest BCUT2D eigenvalue weighted by molar-refractivity contribution is -0.131. The maximum atomic E-state index is 12.6. The van der Waals surface area contributed by atoms with Crippen LogP contribution in [0.2, 0.25) is 0 Å². The van der Waals surface area contributed by atoms with Crippen molar-refractivity contribution in [2.24, 2.45) is 0 Å². The van der Waals surface area contributed by atoms with Gasteiger partial charge in [0.05, 0.1) is 10.4 Å². The summed E-state index contributed by atoms with van der Waals surface area (Å²) >= 11 is 0.901. The van der Waals surface area contributed by atoms with E-state index in [1.807, 2.05) is 29.2 Å². The molecular formula is C31H30N4O4S. The average molecular weight is 555 g/mol. The van der Waals surface area contributed by atoms with E-state index in [1.54, 1.807) is 19.2 Å². The molecule has 0 saturated carbocycles. The molecule has 0 unspecified atom stereocenters. The Hall–Kier alpha value is -4.24. The van der Waals surface area contributed by atoms with Crippen LogP contribution in [0.5, 0.6) is 0 Å². The largest absolute Gasteiger partial charge is 0.368 e. The van der Waals surface area contributed by atoms with Crippen molar-refractivity contribution >= 4 is 57.3 Å². The Kier molecular flexibility index (Phi) is 8.11.